The summed E-state index contributed by atoms with van der Waals surface area (Å²) in [7, 11) is 0. The van der Waals surface area contributed by atoms with E-state index in [1.54, 1.807) is 6.92 Å². The molecule has 0 spiro atoms. The second kappa shape index (κ2) is 80.0. The maximum absolute atomic E-state index is 12.6. The first kappa shape index (κ1) is 114. The molecule has 3 aliphatic heterocycles. The van der Waals surface area contributed by atoms with Gasteiger partial charge in [-0.15, -0.1) is 0 Å². The fraction of sp³-hybridized carbons (Fsp3) is 1.00. The first-order valence-corrected chi connectivity index (χ1v) is 42.1. The van der Waals surface area contributed by atoms with Crippen molar-refractivity contribution in [2.24, 2.45) is 117 Å². The largest absolute Gasteiger partial charge is 0.396 e. The highest BCUT2D eigenvalue weighted by Gasteiger charge is 2.25. The van der Waals surface area contributed by atoms with Crippen LogP contribution in [0.3, 0.4) is 0 Å². The number of rotatable bonds is 32. The van der Waals surface area contributed by atoms with Crippen LogP contribution in [0.1, 0.15) is 375 Å². The van der Waals surface area contributed by atoms with Crippen LogP contribution in [0.2, 0.25) is 0 Å². The van der Waals surface area contributed by atoms with Crippen molar-refractivity contribution in [3.8, 4) is 0 Å². The Morgan fingerprint density at radius 1 is 0.424 bits per heavy atom. The first-order valence-electron chi connectivity index (χ1n) is 42.1. The number of halogens is 1. The second-order valence-corrected chi connectivity index (χ2v) is 35.7. The third-order valence-electron chi connectivity index (χ3n) is 17.4. The SMILES string of the molecule is CC(C)CC(C)N.CC(C)CC(N)C(C)O.CC(C)CC(N)CO.CC(C)CC1CC(F)CN1.CC(C)CC1CCCC1N.CC(C)CC1CCCN1.CC(C)CC1CCN1.CC(C)CCCCCO.CC(C)CCN.CCC(C)CC(C)C.CCC(N)CC(C)C.CCCCC(C)C. The third kappa shape index (κ3) is 109. The molecule has 4 fully saturated rings. The van der Waals surface area contributed by atoms with Crippen LogP contribution in [0.25, 0.3) is 0 Å². The fourth-order valence-corrected chi connectivity index (χ4v) is 11.8. The molecule has 12 nitrogen and oxygen atoms in total. The molecule has 18 N–H and O–H groups in total. The number of hydrogen-bond acceptors (Lipinski definition) is 12. The molecule has 0 amide bonds. The zero-order valence-electron chi connectivity index (χ0n) is 73.2. The number of aliphatic hydroxyl groups is 3. The van der Waals surface area contributed by atoms with Crippen LogP contribution in [0.4, 0.5) is 4.39 Å². The lowest BCUT2D eigenvalue weighted by molar-refractivity contribution is 0.152. The van der Waals surface area contributed by atoms with Crippen molar-refractivity contribution in [2.45, 2.75) is 435 Å². The summed E-state index contributed by atoms with van der Waals surface area (Å²) in [6.45, 7) is 70.2. The van der Waals surface area contributed by atoms with Gasteiger partial charge < -0.3 is 65.7 Å². The normalized spacial score (nSPS) is 20.1. The number of nitrogens with one attached hydrogen (secondary N) is 3. The Bertz CT molecular complexity index is 1410. The van der Waals surface area contributed by atoms with Gasteiger partial charge in [-0.2, -0.15) is 0 Å². The van der Waals surface area contributed by atoms with Crippen molar-refractivity contribution in [2.75, 3.05) is 39.4 Å². The molecule has 0 aromatic rings. The first-order chi connectivity index (χ1) is 45.9. The number of alkyl halides is 1. The van der Waals surface area contributed by atoms with E-state index in [0.29, 0.717) is 55.1 Å². The van der Waals surface area contributed by atoms with E-state index in [2.05, 4.69) is 210 Å². The summed E-state index contributed by atoms with van der Waals surface area (Å²) in [4.78, 5) is 0. The number of unbranched alkanes of at least 4 members (excludes halogenated alkanes) is 3. The number of aliphatic hydroxyl groups excluding tert-OH is 3. The van der Waals surface area contributed by atoms with Crippen molar-refractivity contribution < 1.29 is 19.7 Å². The van der Waals surface area contributed by atoms with E-state index in [4.69, 9.17) is 49.7 Å². The fourth-order valence-electron chi connectivity index (χ4n) is 11.8. The van der Waals surface area contributed by atoms with E-state index in [-0.39, 0.29) is 24.8 Å². The molecule has 3 saturated heterocycles. The van der Waals surface area contributed by atoms with Gasteiger partial charge in [0.05, 0.1) is 12.7 Å². The van der Waals surface area contributed by atoms with Gasteiger partial charge in [0.2, 0.25) is 0 Å². The quantitative estimate of drug-likeness (QED) is 0.0281. The molecule has 13 heteroatoms. The van der Waals surface area contributed by atoms with Gasteiger partial charge in [0.15, 0.2) is 0 Å². The maximum Gasteiger partial charge on any atom is 0.114 e. The van der Waals surface area contributed by atoms with Gasteiger partial charge in [-0.1, -0.05) is 245 Å². The minimum atomic E-state index is -0.594. The Morgan fingerprint density at radius 3 is 1.09 bits per heavy atom. The van der Waals surface area contributed by atoms with Crippen LogP contribution < -0.4 is 50.4 Å². The molecule has 4 rings (SSSR count). The van der Waals surface area contributed by atoms with Gasteiger partial charge in [-0.05, 0) is 232 Å². The van der Waals surface area contributed by atoms with E-state index >= 15 is 0 Å². The Morgan fingerprint density at radius 2 is 0.869 bits per heavy atom. The number of hydrogen-bond donors (Lipinski definition) is 12. The Kier molecular flexibility index (Phi) is 92.3. The molecule has 0 aromatic heterocycles. The van der Waals surface area contributed by atoms with Crippen LogP contribution >= 0.6 is 0 Å². The highest BCUT2D eigenvalue weighted by molar-refractivity contribution is 4.82. The summed E-state index contributed by atoms with van der Waals surface area (Å²) in [5, 5.41) is 35.9. The lowest BCUT2D eigenvalue weighted by Gasteiger charge is -2.28. The van der Waals surface area contributed by atoms with Crippen molar-refractivity contribution in [3.05, 3.63) is 0 Å². The highest BCUT2D eigenvalue weighted by Crippen LogP contribution is 2.29. The van der Waals surface area contributed by atoms with Gasteiger partial charge >= 0.3 is 0 Å². The van der Waals surface area contributed by atoms with Gasteiger partial charge in [0, 0.05) is 61.5 Å². The van der Waals surface area contributed by atoms with Gasteiger partial charge in [0.1, 0.15) is 6.17 Å². The van der Waals surface area contributed by atoms with Crippen LogP contribution in [-0.4, -0.2) is 115 Å². The molecule has 1 saturated carbocycles. The molecule has 4 aliphatic rings. The third-order valence-corrected chi connectivity index (χ3v) is 17.4. The molecule has 1 aliphatic carbocycles. The van der Waals surface area contributed by atoms with Crippen molar-refractivity contribution in [1.29, 1.82) is 0 Å². The monoisotopic (exact) mass is 1420 g/mol. The molecular weight excluding hydrogens is 1230 g/mol. The second-order valence-electron chi connectivity index (χ2n) is 35.7. The average Bonchev–Trinajstić information content (AvgIpc) is 1.86. The average molecular weight is 1420 g/mol. The lowest BCUT2D eigenvalue weighted by Crippen LogP contribution is -2.43. The predicted octanol–water partition coefficient (Wildman–Crippen LogP) is 20.4. The lowest BCUT2D eigenvalue weighted by atomic mass is 9.93. The summed E-state index contributed by atoms with van der Waals surface area (Å²) in [5.74, 6) is 11.1. The standard InChI is InChI=1S/C9H19N.C8H16FN.C8H17N.C8H18O.C8H18.C7H17NO.C7H15N.C7H17N.C7H16.C6H15NO.C6H15N.C5H13N/c1-7(2)6-8-4-3-5-9(8)10;1-6(2)3-8-4-7(9)5-10-8;1-7(2)6-8-4-3-5-9-8;1-8(2)6-4-3-5-7-9;1-5-8(4)6-7(2)3;1-5(2)4-7(8)6(3)9;1-6(2)5-7-3-4-8-7;1-4-7(8)5-6(2)3;1-4-5-6-7(2)3;1-5(2)3-6(7)4-8;1-5(2)4-6(3)7;1-5(2)3-4-6/h7-9H,3-6,10H2,1-2H3;6-8,10H,3-5H2,1-2H3;7-9H,3-6H2,1-2H3;8-9H,3-7H2,1-2H3;7-8H,5-6H2,1-4H3;5-7,9H,4,8H2,1-3H3;6-8H,3-5H2,1-2H3;6-7H,4-5,8H2,1-3H3;7H,4-6H2,1-3H3;5-6,8H,3-4,7H2,1-2H3;5-6H,4,7H2,1-3H3;5H,3-4,6H2,1-2H3. The van der Waals surface area contributed by atoms with E-state index in [1.807, 2.05) is 6.92 Å². The minimum Gasteiger partial charge on any atom is -0.396 e. The van der Waals surface area contributed by atoms with Crippen molar-refractivity contribution >= 4 is 0 Å². The van der Waals surface area contributed by atoms with Crippen LogP contribution in [-0.2, 0) is 0 Å². The van der Waals surface area contributed by atoms with E-state index in [0.717, 1.165) is 142 Å². The van der Waals surface area contributed by atoms with Crippen molar-refractivity contribution in [1.82, 2.24) is 16.0 Å². The van der Waals surface area contributed by atoms with Gasteiger partial charge in [-0.25, -0.2) is 4.39 Å². The maximum atomic E-state index is 12.6. The Hall–Kier alpha value is -0.550. The van der Waals surface area contributed by atoms with Gasteiger partial charge in [-0.3, -0.25) is 0 Å². The molecular formula is C86H196FN9O3. The summed E-state index contributed by atoms with van der Waals surface area (Å²) < 4.78 is 12.6. The van der Waals surface area contributed by atoms with Crippen molar-refractivity contribution in [3.63, 3.8) is 0 Å². The molecule has 3 heterocycles. The summed E-state index contributed by atoms with van der Waals surface area (Å²) in [6.07, 6.45) is 31.1. The minimum absolute atomic E-state index is 0.0185. The molecule has 99 heavy (non-hydrogen) atoms. The van der Waals surface area contributed by atoms with E-state index < -0.39 is 6.17 Å². The molecule has 0 bridgehead atoms. The Labute approximate surface area is 624 Å². The Balaban J connectivity index is -0.000000152. The zero-order chi connectivity index (χ0) is 78.6. The molecule has 0 aromatic carbocycles. The molecule has 0 radical (unpaired) electrons. The predicted molar refractivity (Wildman–Crippen MR) is 448 cm³/mol. The van der Waals surface area contributed by atoms with Crippen LogP contribution in [0.15, 0.2) is 0 Å². The number of nitrogens with two attached hydrogens (primary N) is 6. The van der Waals surface area contributed by atoms with Gasteiger partial charge in [0.25, 0.3) is 0 Å². The molecule has 12 atom stereocenters. The van der Waals surface area contributed by atoms with Crippen LogP contribution in [0.5, 0.6) is 0 Å². The molecule has 610 valence electrons. The highest BCUT2D eigenvalue weighted by atomic mass is 19.1. The van der Waals surface area contributed by atoms with E-state index in [9.17, 15) is 4.39 Å². The van der Waals surface area contributed by atoms with Crippen LogP contribution in [0, 0.1) is 82.9 Å². The molecule has 12 unspecified atom stereocenters. The topological polar surface area (TPSA) is 253 Å². The summed E-state index contributed by atoms with van der Waals surface area (Å²) >= 11 is 0. The summed E-state index contributed by atoms with van der Waals surface area (Å²) in [6, 6.07) is 3.38. The zero-order valence-corrected chi connectivity index (χ0v) is 73.2. The smallest absolute Gasteiger partial charge is 0.114 e. The van der Waals surface area contributed by atoms with E-state index in [1.165, 1.54) is 122 Å². The summed E-state index contributed by atoms with van der Waals surface area (Å²) in [5.41, 5.74) is 33.3.